The zero-order chi connectivity index (χ0) is 29.3. The van der Waals surface area contributed by atoms with Crippen LogP contribution in [0, 0.1) is 0 Å². The Morgan fingerprint density at radius 3 is 1.53 bits per heavy atom. The summed E-state index contributed by atoms with van der Waals surface area (Å²) in [5.74, 6) is 0. The van der Waals surface area contributed by atoms with Crippen molar-refractivity contribution < 1.29 is 4.42 Å². The number of para-hydroxylation sites is 3. The highest BCUT2D eigenvalue weighted by atomic mass is 16.3. The number of fused-ring (bicyclic) bond motifs is 16. The van der Waals surface area contributed by atoms with Gasteiger partial charge in [0.15, 0.2) is 5.58 Å². The molecule has 2 aromatic heterocycles. The van der Waals surface area contributed by atoms with Gasteiger partial charge >= 0.3 is 0 Å². The molecule has 0 fully saturated rings. The first-order chi connectivity index (χ1) is 22.3. The number of hydrogen-bond donors (Lipinski definition) is 0. The molecule has 0 radical (unpaired) electrons. The van der Waals surface area contributed by atoms with Crippen molar-refractivity contribution in [2.24, 2.45) is 0 Å². The van der Waals surface area contributed by atoms with Gasteiger partial charge in [0.2, 0.25) is 0 Å². The van der Waals surface area contributed by atoms with Gasteiger partial charge in [-0.05, 0) is 74.8 Å². The number of benzene rings is 7. The van der Waals surface area contributed by atoms with Gasteiger partial charge in [0.25, 0.3) is 0 Å². The van der Waals surface area contributed by atoms with Gasteiger partial charge in [0, 0.05) is 21.5 Å². The summed E-state index contributed by atoms with van der Waals surface area (Å²) in [6.07, 6.45) is 0. The number of nitrogens with zero attached hydrogens (tertiary/aromatic N) is 1. The van der Waals surface area contributed by atoms with Crippen LogP contribution in [0.5, 0.6) is 0 Å². The average molecular weight is 572 g/mol. The third-order valence-electron chi connectivity index (χ3n) is 10.4. The Kier molecular flexibility index (Phi) is 4.29. The first kappa shape index (κ1) is 23.6. The zero-order valence-corrected chi connectivity index (χ0v) is 24.3. The van der Waals surface area contributed by atoms with E-state index in [1.165, 1.54) is 66.3 Å². The van der Waals surface area contributed by atoms with Gasteiger partial charge in [-0.25, -0.2) is 0 Å². The third kappa shape index (κ3) is 2.73. The molecule has 2 aliphatic rings. The van der Waals surface area contributed by atoms with Crippen LogP contribution < -0.4 is 0 Å². The van der Waals surface area contributed by atoms with Crippen molar-refractivity contribution in [3.05, 3.63) is 174 Å². The van der Waals surface area contributed by atoms with Gasteiger partial charge in [-0.3, -0.25) is 0 Å². The predicted molar refractivity (Wildman–Crippen MR) is 184 cm³/mol. The molecule has 2 heterocycles. The van der Waals surface area contributed by atoms with Crippen LogP contribution in [0.1, 0.15) is 22.3 Å². The molecule has 11 rings (SSSR count). The highest BCUT2D eigenvalue weighted by Crippen LogP contribution is 2.63. The first-order valence-corrected chi connectivity index (χ1v) is 15.6. The van der Waals surface area contributed by atoms with Crippen molar-refractivity contribution in [2.45, 2.75) is 5.41 Å². The molecule has 0 amide bonds. The van der Waals surface area contributed by atoms with Crippen LogP contribution in [0.4, 0.5) is 0 Å². The molecular weight excluding hydrogens is 546 g/mol. The van der Waals surface area contributed by atoms with Gasteiger partial charge in [-0.2, -0.15) is 0 Å². The molecule has 0 saturated heterocycles. The second-order valence-electron chi connectivity index (χ2n) is 12.4. The lowest BCUT2D eigenvalue weighted by Crippen LogP contribution is -2.25. The quantitative estimate of drug-likeness (QED) is 0.192. The van der Waals surface area contributed by atoms with Crippen LogP contribution in [0.3, 0.4) is 0 Å². The third-order valence-corrected chi connectivity index (χ3v) is 10.4. The van der Waals surface area contributed by atoms with Gasteiger partial charge in [0.1, 0.15) is 5.58 Å². The highest BCUT2D eigenvalue weighted by Gasteiger charge is 2.51. The van der Waals surface area contributed by atoms with Crippen molar-refractivity contribution in [1.29, 1.82) is 0 Å². The minimum Gasteiger partial charge on any atom is -0.454 e. The smallest absolute Gasteiger partial charge is 0.159 e. The Morgan fingerprint density at radius 2 is 0.911 bits per heavy atom. The van der Waals surface area contributed by atoms with E-state index in [9.17, 15) is 0 Å². The second-order valence-corrected chi connectivity index (χ2v) is 12.4. The molecular formula is C43H25NO. The maximum atomic E-state index is 6.99. The number of aromatic nitrogens is 1. The molecule has 0 N–H and O–H groups in total. The van der Waals surface area contributed by atoms with Crippen LogP contribution in [0.25, 0.3) is 71.7 Å². The fraction of sp³-hybridized carbons (Fsp3) is 0.0233. The monoisotopic (exact) mass is 571 g/mol. The summed E-state index contributed by atoms with van der Waals surface area (Å²) in [7, 11) is 0. The Morgan fingerprint density at radius 1 is 0.400 bits per heavy atom. The van der Waals surface area contributed by atoms with Crippen LogP contribution in [0.15, 0.2) is 156 Å². The molecule has 2 aliphatic carbocycles. The normalized spacial score (nSPS) is 14.0. The van der Waals surface area contributed by atoms with E-state index in [0.29, 0.717) is 0 Å². The lowest BCUT2D eigenvalue weighted by molar-refractivity contribution is 0.664. The highest BCUT2D eigenvalue weighted by molar-refractivity contribution is 6.14. The minimum absolute atomic E-state index is 0.387. The number of hydrogen-bond acceptors (Lipinski definition) is 1. The lowest BCUT2D eigenvalue weighted by Gasteiger charge is -2.30. The molecule has 0 saturated carbocycles. The van der Waals surface area contributed by atoms with E-state index < -0.39 is 0 Å². The van der Waals surface area contributed by atoms with E-state index in [1.54, 1.807) is 0 Å². The van der Waals surface area contributed by atoms with Crippen LogP contribution >= 0.6 is 0 Å². The van der Waals surface area contributed by atoms with Crippen LogP contribution in [-0.4, -0.2) is 4.57 Å². The molecule has 0 atom stereocenters. The standard InChI is InChI=1S/C43H25NO/c1-6-18-34-26(12-1)27-13-2-7-19-35(27)43(34)36-20-8-3-14-28(36)32-24-33-31-17-11-23-40(42(31)45-41(33)25-37(32)43)44-38-21-9-4-15-29(38)30-16-5-10-22-39(30)44/h1-25H. The fourth-order valence-corrected chi connectivity index (χ4v) is 8.73. The SMILES string of the molecule is c1ccc2c(c1)-c1ccccc1C21c2ccccc2-c2cc3c(cc21)oc1c(-n2c4ccccc4c4ccccc42)cccc13. The molecule has 45 heavy (non-hydrogen) atoms. The molecule has 2 nitrogen and oxygen atoms in total. The van der Waals surface area contributed by atoms with E-state index >= 15 is 0 Å². The molecule has 208 valence electrons. The molecule has 0 bridgehead atoms. The lowest BCUT2D eigenvalue weighted by atomic mass is 9.70. The van der Waals surface area contributed by atoms with Crippen LogP contribution in [0.2, 0.25) is 0 Å². The molecule has 1 spiro atoms. The van der Waals surface area contributed by atoms with Gasteiger partial charge < -0.3 is 8.98 Å². The van der Waals surface area contributed by atoms with Gasteiger partial charge in [-0.15, -0.1) is 0 Å². The maximum absolute atomic E-state index is 6.99. The summed E-state index contributed by atoms with van der Waals surface area (Å²) in [4.78, 5) is 0. The van der Waals surface area contributed by atoms with E-state index in [4.69, 9.17) is 4.42 Å². The van der Waals surface area contributed by atoms with Crippen molar-refractivity contribution in [3.63, 3.8) is 0 Å². The summed E-state index contributed by atoms with van der Waals surface area (Å²) in [5.41, 5.74) is 15.4. The largest absolute Gasteiger partial charge is 0.454 e. The predicted octanol–water partition coefficient (Wildman–Crippen LogP) is 11.0. The average Bonchev–Trinajstić information content (AvgIpc) is 3.81. The molecule has 0 aliphatic heterocycles. The van der Waals surface area contributed by atoms with E-state index in [1.807, 2.05) is 0 Å². The van der Waals surface area contributed by atoms with Crippen molar-refractivity contribution in [1.82, 2.24) is 4.57 Å². The van der Waals surface area contributed by atoms with Crippen LogP contribution in [-0.2, 0) is 5.41 Å². The maximum Gasteiger partial charge on any atom is 0.159 e. The molecule has 9 aromatic rings. The Labute approximate surface area is 259 Å². The molecule has 2 heteroatoms. The number of rotatable bonds is 1. The van der Waals surface area contributed by atoms with E-state index in [0.717, 1.165) is 27.6 Å². The summed E-state index contributed by atoms with van der Waals surface area (Å²) in [5, 5.41) is 4.78. The van der Waals surface area contributed by atoms with Gasteiger partial charge in [-0.1, -0.05) is 121 Å². The van der Waals surface area contributed by atoms with Crippen molar-refractivity contribution in [2.75, 3.05) is 0 Å². The Hall–Kier alpha value is -5.86. The first-order valence-electron chi connectivity index (χ1n) is 15.6. The summed E-state index contributed by atoms with van der Waals surface area (Å²) in [6, 6.07) is 55.5. The van der Waals surface area contributed by atoms with Gasteiger partial charge in [0.05, 0.1) is 22.1 Å². The Balaban J connectivity index is 1.26. The topological polar surface area (TPSA) is 18.1 Å². The summed E-state index contributed by atoms with van der Waals surface area (Å²) in [6.45, 7) is 0. The summed E-state index contributed by atoms with van der Waals surface area (Å²) >= 11 is 0. The van der Waals surface area contributed by atoms with Crippen molar-refractivity contribution in [3.8, 4) is 27.9 Å². The minimum atomic E-state index is -0.387. The number of furan rings is 1. The van der Waals surface area contributed by atoms with Crippen molar-refractivity contribution >= 4 is 43.7 Å². The summed E-state index contributed by atoms with van der Waals surface area (Å²) < 4.78 is 9.35. The van der Waals surface area contributed by atoms with E-state index in [2.05, 4.69) is 156 Å². The second kappa shape index (κ2) is 8.19. The zero-order valence-electron chi connectivity index (χ0n) is 24.3. The van der Waals surface area contributed by atoms with E-state index in [-0.39, 0.29) is 5.41 Å². The Bertz CT molecular complexity index is 2620. The molecule has 0 unspecified atom stereocenters. The fourth-order valence-electron chi connectivity index (χ4n) is 8.73. The molecule has 7 aromatic carbocycles.